The van der Waals surface area contributed by atoms with Gasteiger partial charge in [-0.2, -0.15) is 5.10 Å². The van der Waals surface area contributed by atoms with Crippen molar-refractivity contribution in [2.75, 3.05) is 4.72 Å². The van der Waals surface area contributed by atoms with Crippen molar-refractivity contribution in [3.63, 3.8) is 0 Å². The Morgan fingerprint density at radius 3 is 2.62 bits per heavy atom. The van der Waals surface area contributed by atoms with Crippen LogP contribution in [0.3, 0.4) is 0 Å². The quantitative estimate of drug-likeness (QED) is 0.887. The maximum Gasteiger partial charge on any atom is 0.338 e. The van der Waals surface area contributed by atoms with Crippen LogP contribution < -0.4 is 4.72 Å². The van der Waals surface area contributed by atoms with E-state index in [1.807, 2.05) is 0 Å². The summed E-state index contributed by atoms with van der Waals surface area (Å²) in [5.41, 5.74) is -0.771. The summed E-state index contributed by atoms with van der Waals surface area (Å²) in [4.78, 5) is 10.6. The number of hydrogen-bond acceptors (Lipinski definition) is 4. The van der Waals surface area contributed by atoms with Crippen LogP contribution in [0.2, 0.25) is 0 Å². The Morgan fingerprint density at radius 2 is 2.10 bits per heavy atom. The van der Waals surface area contributed by atoms with Crippen LogP contribution in [0.1, 0.15) is 15.9 Å². The van der Waals surface area contributed by atoms with Crippen LogP contribution in [0, 0.1) is 12.7 Å². The predicted octanol–water partition coefficient (Wildman–Crippen LogP) is 1.37. The van der Waals surface area contributed by atoms with Crippen LogP contribution in [-0.2, 0) is 17.1 Å². The number of aromatic carboxylic acids is 1. The Hall–Kier alpha value is -2.42. The van der Waals surface area contributed by atoms with E-state index in [-0.39, 0.29) is 16.3 Å². The molecule has 2 N–H and O–H groups in total. The number of rotatable bonds is 4. The highest BCUT2D eigenvalue weighted by atomic mass is 32.2. The summed E-state index contributed by atoms with van der Waals surface area (Å²) in [6.07, 6.45) is 1.54. The molecule has 112 valence electrons. The number of aromatic nitrogens is 2. The van der Waals surface area contributed by atoms with Gasteiger partial charge in [-0.1, -0.05) is 0 Å². The molecule has 7 nitrogen and oxygen atoms in total. The Bertz CT molecular complexity index is 814. The number of nitrogens with zero attached hydrogens (tertiary/aromatic N) is 2. The van der Waals surface area contributed by atoms with Crippen molar-refractivity contribution in [1.82, 2.24) is 9.78 Å². The molecule has 0 bridgehead atoms. The third-order valence-electron chi connectivity index (χ3n) is 2.72. The molecule has 0 spiro atoms. The first-order valence-corrected chi connectivity index (χ1v) is 7.25. The van der Waals surface area contributed by atoms with Gasteiger partial charge in [0.05, 0.1) is 10.5 Å². The van der Waals surface area contributed by atoms with Crippen LogP contribution in [-0.4, -0.2) is 29.3 Å². The highest BCUT2D eigenvalue weighted by Crippen LogP contribution is 2.21. The fourth-order valence-electron chi connectivity index (χ4n) is 1.71. The van der Waals surface area contributed by atoms with Gasteiger partial charge in [-0.05, 0) is 24.6 Å². The number of carboxylic acid groups (broad SMARTS) is 1. The highest BCUT2D eigenvalue weighted by molar-refractivity contribution is 7.92. The van der Waals surface area contributed by atoms with Crippen molar-refractivity contribution in [2.24, 2.45) is 7.05 Å². The fraction of sp³-hybridized carbons (Fsp3) is 0.167. The molecule has 2 aromatic rings. The Kier molecular flexibility index (Phi) is 3.69. The lowest BCUT2D eigenvalue weighted by Crippen LogP contribution is -2.15. The zero-order valence-electron chi connectivity index (χ0n) is 11.2. The van der Waals surface area contributed by atoms with Crippen LogP contribution >= 0.6 is 0 Å². The number of nitrogens with one attached hydrogen (secondary N) is 1. The molecule has 1 aromatic heterocycles. The van der Waals surface area contributed by atoms with Crippen LogP contribution in [0.25, 0.3) is 0 Å². The fourth-order valence-corrected chi connectivity index (χ4v) is 2.82. The lowest BCUT2D eigenvalue weighted by atomic mass is 10.1. The van der Waals surface area contributed by atoms with Gasteiger partial charge in [0.1, 0.15) is 5.82 Å². The smallest absolute Gasteiger partial charge is 0.338 e. The first-order chi connectivity index (χ1) is 9.70. The number of sulfonamides is 1. The molecule has 0 atom stereocenters. The number of halogens is 1. The molecule has 1 aromatic carbocycles. The normalized spacial score (nSPS) is 11.4. The van der Waals surface area contributed by atoms with E-state index < -0.39 is 27.4 Å². The van der Waals surface area contributed by atoms with Gasteiger partial charge in [-0.3, -0.25) is 9.40 Å². The molecule has 0 saturated heterocycles. The Labute approximate surface area is 120 Å². The lowest BCUT2D eigenvalue weighted by molar-refractivity contribution is 0.0691. The van der Waals surface area contributed by atoms with Gasteiger partial charge in [0.2, 0.25) is 0 Å². The second-order valence-corrected chi connectivity index (χ2v) is 6.07. The first-order valence-electron chi connectivity index (χ1n) is 5.76. The number of anilines is 1. The number of carboxylic acids is 1. The predicted molar refractivity (Wildman–Crippen MR) is 72.1 cm³/mol. The van der Waals surface area contributed by atoms with E-state index in [9.17, 15) is 17.6 Å². The van der Waals surface area contributed by atoms with Crippen molar-refractivity contribution in [2.45, 2.75) is 11.8 Å². The van der Waals surface area contributed by atoms with Gasteiger partial charge in [0.15, 0.2) is 5.82 Å². The molecule has 0 amide bonds. The third kappa shape index (κ3) is 3.02. The summed E-state index contributed by atoms with van der Waals surface area (Å²) in [5.74, 6) is -2.42. The molecule has 9 heteroatoms. The lowest BCUT2D eigenvalue weighted by Gasteiger charge is -2.09. The average Bonchev–Trinajstić information content (AvgIpc) is 2.76. The molecular weight excluding hydrogens is 301 g/mol. The summed E-state index contributed by atoms with van der Waals surface area (Å²) in [5, 5.41) is 12.8. The summed E-state index contributed by atoms with van der Waals surface area (Å²) < 4.78 is 41.6. The molecule has 0 aliphatic rings. The molecule has 0 aliphatic heterocycles. The summed E-state index contributed by atoms with van der Waals surface area (Å²) in [7, 11) is -2.44. The van der Waals surface area contributed by atoms with Crippen molar-refractivity contribution < 1.29 is 22.7 Å². The van der Waals surface area contributed by atoms with Gasteiger partial charge in [0.25, 0.3) is 10.0 Å². The molecule has 0 radical (unpaired) electrons. The molecule has 21 heavy (non-hydrogen) atoms. The van der Waals surface area contributed by atoms with E-state index in [0.29, 0.717) is 0 Å². The second kappa shape index (κ2) is 5.17. The van der Waals surface area contributed by atoms with E-state index in [4.69, 9.17) is 5.11 Å². The standard InChI is InChI=1S/C12H12FN3O4S/c1-7-5-8(6-9(11(7)13)12(17)18)21(19,20)15-10-3-4-16(2)14-10/h3-6H,1-2H3,(H,14,15)(H,17,18). The zero-order valence-corrected chi connectivity index (χ0v) is 12.0. The van der Waals surface area contributed by atoms with E-state index in [1.54, 1.807) is 7.05 Å². The van der Waals surface area contributed by atoms with Gasteiger partial charge >= 0.3 is 5.97 Å². The molecule has 0 saturated carbocycles. The molecule has 0 aliphatic carbocycles. The average molecular weight is 313 g/mol. The number of aryl methyl sites for hydroxylation is 2. The van der Waals surface area contributed by atoms with Crippen LogP contribution in [0.4, 0.5) is 10.2 Å². The monoisotopic (exact) mass is 313 g/mol. The van der Waals surface area contributed by atoms with Gasteiger partial charge in [-0.25, -0.2) is 17.6 Å². The molecule has 2 rings (SSSR count). The van der Waals surface area contributed by atoms with Crippen LogP contribution in [0.5, 0.6) is 0 Å². The van der Waals surface area contributed by atoms with Crippen molar-refractivity contribution >= 4 is 21.8 Å². The minimum absolute atomic E-state index is 0.0729. The summed E-state index contributed by atoms with van der Waals surface area (Å²) in [6.45, 7) is 1.29. The SMILES string of the molecule is Cc1cc(S(=O)(=O)Nc2ccn(C)n2)cc(C(=O)O)c1F. The zero-order chi connectivity index (χ0) is 15.8. The topological polar surface area (TPSA) is 101 Å². The van der Waals surface area contributed by atoms with Crippen molar-refractivity contribution in [1.29, 1.82) is 0 Å². The minimum atomic E-state index is -4.05. The van der Waals surface area contributed by atoms with E-state index in [2.05, 4.69) is 9.82 Å². The number of hydrogen-bond donors (Lipinski definition) is 2. The number of carbonyl (C=O) groups is 1. The third-order valence-corrected chi connectivity index (χ3v) is 4.06. The number of benzene rings is 1. The van der Waals surface area contributed by atoms with Crippen molar-refractivity contribution in [3.05, 3.63) is 41.3 Å². The first kappa shape index (κ1) is 15.0. The highest BCUT2D eigenvalue weighted by Gasteiger charge is 2.21. The van der Waals surface area contributed by atoms with Gasteiger partial charge in [-0.15, -0.1) is 0 Å². The Balaban J connectivity index is 2.47. The molecule has 1 heterocycles. The maximum atomic E-state index is 13.6. The molecule has 0 fully saturated rings. The van der Waals surface area contributed by atoms with E-state index in [0.717, 1.165) is 12.1 Å². The molecular formula is C12H12FN3O4S. The van der Waals surface area contributed by atoms with E-state index in [1.165, 1.54) is 23.9 Å². The molecule has 0 unspecified atom stereocenters. The van der Waals surface area contributed by atoms with Crippen molar-refractivity contribution in [3.8, 4) is 0 Å². The Morgan fingerprint density at radius 1 is 1.43 bits per heavy atom. The van der Waals surface area contributed by atoms with E-state index >= 15 is 0 Å². The maximum absolute atomic E-state index is 13.6. The summed E-state index contributed by atoms with van der Waals surface area (Å²) in [6, 6.07) is 3.27. The minimum Gasteiger partial charge on any atom is -0.478 e. The van der Waals surface area contributed by atoms with Gasteiger partial charge in [0, 0.05) is 19.3 Å². The van der Waals surface area contributed by atoms with Gasteiger partial charge < -0.3 is 5.11 Å². The summed E-state index contributed by atoms with van der Waals surface area (Å²) >= 11 is 0. The van der Waals surface area contributed by atoms with Crippen LogP contribution in [0.15, 0.2) is 29.3 Å². The largest absolute Gasteiger partial charge is 0.478 e. The second-order valence-electron chi connectivity index (χ2n) is 4.39.